The summed E-state index contributed by atoms with van der Waals surface area (Å²) in [5, 5.41) is 13.2. The molecule has 2 N–H and O–H groups in total. The van der Waals surface area contributed by atoms with Crippen LogP contribution < -0.4 is 15.4 Å². The van der Waals surface area contributed by atoms with Crippen LogP contribution in [0.2, 0.25) is 0 Å². The predicted molar refractivity (Wildman–Crippen MR) is 150 cm³/mol. The summed E-state index contributed by atoms with van der Waals surface area (Å²) in [6.45, 7) is 2.38. The quantitative estimate of drug-likeness (QED) is 0.256. The number of nitrogens with zero attached hydrogens (tertiary/aromatic N) is 3. The van der Waals surface area contributed by atoms with Crippen LogP contribution in [0.1, 0.15) is 24.1 Å². The molecule has 0 fully saturated rings. The molecular formula is C30H25N5O2S. The van der Waals surface area contributed by atoms with Crippen LogP contribution in [-0.4, -0.2) is 20.7 Å². The summed E-state index contributed by atoms with van der Waals surface area (Å²) in [4.78, 5) is 19.3. The Morgan fingerprint density at radius 1 is 0.974 bits per heavy atom. The standard InChI is InChI=1S/C30H25N5O2S/c1-20-26(29(36)32-23-11-6-3-7-12-23)27(35-30(31-20)33-28(34-35)25-13-8-18-38-25)22-14-16-24(17-15-22)37-19-21-9-4-2-5-10-21/h2-18,27H,19H2,1H3,(H,32,36)(H,31,33,34). The summed E-state index contributed by atoms with van der Waals surface area (Å²) < 4.78 is 7.79. The summed E-state index contributed by atoms with van der Waals surface area (Å²) in [7, 11) is 0. The van der Waals surface area contributed by atoms with Crippen LogP contribution in [0, 0.1) is 0 Å². The van der Waals surface area contributed by atoms with Crippen molar-refractivity contribution < 1.29 is 9.53 Å². The van der Waals surface area contributed by atoms with Crippen LogP contribution >= 0.6 is 11.3 Å². The Balaban J connectivity index is 1.34. The first kappa shape index (κ1) is 23.7. The van der Waals surface area contributed by atoms with Gasteiger partial charge in [0.1, 0.15) is 18.4 Å². The van der Waals surface area contributed by atoms with Crippen LogP contribution in [0.15, 0.2) is 114 Å². The van der Waals surface area contributed by atoms with Gasteiger partial charge in [0.25, 0.3) is 5.91 Å². The van der Waals surface area contributed by atoms with Crippen molar-refractivity contribution in [2.45, 2.75) is 19.6 Å². The van der Waals surface area contributed by atoms with Crippen LogP contribution in [0.3, 0.4) is 0 Å². The Morgan fingerprint density at radius 2 is 1.71 bits per heavy atom. The molecule has 7 nitrogen and oxygen atoms in total. The third kappa shape index (κ3) is 4.81. The Hall–Kier alpha value is -4.69. The number of rotatable bonds is 7. The summed E-state index contributed by atoms with van der Waals surface area (Å²) in [6, 6.07) is 30.8. The molecule has 8 heteroatoms. The summed E-state index contributed by atoms with van der Waals surface area (Å²) >= 11 is 1.58. The van der Waals surface area contributed by atoms with Crippen molar-refractivity contribution in [3.8, 4) is 16.5 Å². The molecule has 1 aliphatic heterocycles. The monoisotopic (exact) mass is 519 g/mol. The molecule has 0 spiro atoms. The number of aromatic nitrogens is 3. The third-order valence-corrected chi connectivity index (χ3v) is 7.18. The third-order valence-electron chi connectivity index (χ3n) is 6.31. The van der Waals surface area contributed by atoms with Gasteiger partial charge in [-0.05, 0) is 53.8 Å². The van der Waals surface area contributed by atoms with Gasteiger partial charge in [0.2, 0.25) is 5.95 Å². The smallest absolute Gasteiger partial charge is 0.255 e. The van der Waals surface area contributed by atoms with Gasteiger partial charge in [-0.25, -0.2) is 4.68 Å². The van der Waals surface area contributed by atoms with E-state index in [1.807, 2.05) is 109 Å². The maximum Gasteiger partial charge on any atom is 0.255 e. The van der Waals surface area contributed by atoms with E-state index in [1.165, 1.54) is 0 Å². The average molecular weight is 520 g/mol. The van der Waals surface area contributed by atoms with Crippen molar-refractivity contribution in [2.24, 2.45) is 0 Å². The molecule has 1 amide bonds. The Bertz CT molecular complexity index is 1580. The molecule has 0 radical (unpaired) electrons. The number of amides is 1. The lowest BCUT2D eigenvalue weighted by Crippen LogP contribution is -2.31. The summed E-state index contributed by atoms with van der Waals surface area (Å²) in [6.07, 6.45) is 0. The fraction of sp³-hybridized carbons (Fsp3) is 0.100. The molecule has 1 aliphatic rings. The number of benzene rings is 3. The average Bonchev–Trinajstić information content (AvgIpc) is 3.63. The zero-order valence-corrected chi connectivity index (χ0v) is 21.5. The number of para-hydroxylation sites is 1. The molecule has 5 aromatic rings. The second kappa shape index (κ2) is 10.4. The maximum absolute atomic E-state index is 13.6. The van der Waals surface area contributed by atoms with E-state index in [2.05, 4.69) is 10.6 Å². The molecule has 2 aromatic heterocycles. The number of anilines is 2. The van der Waals surface area contributed by atoms with E-state index in [1.54, 1.807) is 16.0 Å². The van der Waals surface area contributed by atoms with Crippen LogP contribution in [0.4, 0.5) is 11.6 Å². The second-order valence-corrected chi connectivity index (χ2v) is 9.86. The second-order valence-electron chi connectivity index (χ2n) is 8.91. The zero-order chi connectivity index (χ0) is 25.9. The predicted octanol–water partition coefficient (Wildman–Crippen LogP) is 6.51. The Kier molecular flexibility index (Phi) is 6.46. The van der Waals surface area contributed by atoms with Gasteiger partial charge >= 0.3 is 0 Å². The van der Waals surface area contributed by atoms with Gasteiger partial charge in [-0.2, -0.15) is 4.98 Å². The molecule has 6 rings (SSSR count). The van der Waals surface area contributed by atoms with Crippen molar-refractivity contribution >= 4 is 28.9 Å². The van der Waals surface area contributed by atoms with Gasteiger partial charge in [0.15, 0.2) is 5.82 Å². The fourth-order valence-electron chi connectivity index (χ4n) is 4.47. The number of carbonyl (C=O) groups excluding carboxylic acids is 1. The zero-order valence-electron chi connectivity index (χ0n) is 20.7. The van der Waals surface area contributed by atoms with Gasteiger partial charge in [-0.15, -0.1) is 16.4 Å². The van der Waals surface area contributed by atoms with E-state index in [0.29, 0.717) is 24.0 Å². The van der Waals surface area contributed by atoms with E-state index in [4.69, 9.17) is 14.8 Å². The molecule has 1 atom stereocenters. The first-order chi connectivity index (χ1) is 18.7. The van der Waals surface area contributed by atoms with Crippen LogP contribution in [-0.2, 0) is 11.4 Å². The van der Waals surface area contributed by atoms with E-state index >= 15 is 0 Å². The van der Waals surface area contributed by atoms with Crippen molar-refractivity contribution in [2.75, 3.05) is 10.6 Å². The minimum absolute atomic E-state index is 0.200. The lowest BCUT2D eigenvalue weighted by atomic mass is 9.95. The SMILES string of the molecule is CC1=C(C(=O)Nc2ccccc2)C(c2ccc(OCc3ccccc3)cc2)n2nc(-c3cccs3)nc2N1. The molecule has 0 aliphatic carbocycles. The van der Waals surface area contributed by atoms with Crippen LogP contribution in [0.25, 0.3) is 10.7 Å². The number of fused-ring (bicyclic) bond motifs is 1. The highest BCUT2D eigenvalue weighted by atomic mass is 32.1. The first-order valence-electron chi connectivity index (χ1n) is 12.3. The molecule has 3 heterocycles. The van der Waals surface area contributed by atoms with Gasteiger partial charge in [-0.3, -0.25) is 4.79 Å². The minimum Gasteiger partial charge on any atom is -0.489 e. The van der Waals surface area contributed by atoms with E-state index in [9.17, 15) is 4.79 Å². The molecule has 0 saturated carbocycles. The Morgan fingerprint density at radius 3 is 2.42 bits per heavy atom. The highest BCUT2D eigenvalue weighted by molar-refractivity contribution is 7.13. The molecule has 188 valence electrons. The molecule has 3 aromatic carbocycles. The normalized spacial score (nSPS) is 14.5. The molecule has 1 unspecified atom stereocenters. The largest absolute Gasteiger partial charge is 0.489 e. The number of ether oxygens (including phenoxy) is 1. The van der Waals surface area contributed by atoms with Crippen molar-refractivity contribution in [1.82, 2.24) is 14.8 Å². The molecular weight excluding hydrogens is 494 g/mol. The van der Waals surface area contributed by atoms with Gasteiger partial charge in [0.05, 0.1) is 10.5 Å². The highest BCUT2D eigenvalue weighted by Crippen LogP contribution is 2.38. The van der Waals surface area contributed by atoms with Crippen molar-refractivity contribution in [3.05, 3.63) is 125 Å². The lowest BCUT2D eigenvalue weighted by Gasteiger charge is -2.28. The van der Waals surface area contributed by atoms with Gasteiger partial charge in [0, 0.05) is 11.4 Å². The minimum atomic E-state index is -0.473. The first-order valence-corrected chi connectivity index (χ1v) is 13.1. The molecule has 38 heavy (non-hydrogen) atoms. The topological polar surface area (TPSA) is 81.1 Å². The number of hydrogen-bond acceptors (Lipinski definition) is 6. The Labute approximate surface area is 224 Å². The number of thiophene rings is 1. The van der Waals surface area contributed by atoms with E-state index in [-0.39, 0.29) is 5.91 Å². The summed E-state index contributed by atoms with van der Waals surface area (Å²) in [5.74, 6) is 1.76. The van der Waals surface area contributed by atoms with Gasteiger partial charge < -0.3 is 15.4 Å². The maximum atomic E-state index is 13.6. The number of allylic oxidation sites excluding steroid dienone is 1. The van der Waals surface area contributed by atoms with Crippen LogP contribution in [0.5, 0.6) is 5.75 Å². The number of carbonyl (C=O) groups is 1. The highest BCUT2D eigenvalue weighted by Gasteiger charge is 2.34. The van der Waals surface area contributed by atoms with E-state index < -0.39 is 6.04 Å². The fourth-order valence-corrected chi connectivity index (χ4v) is 5.12. The van der Waals surface area contributed by atoms with Crippen molar-refractivity contribution in [3.63, 3.8) is 0 Å². The van der Waals surface area contributed by atoms with Gasteiger partial charge in [-0.1, -0.05) is 66.7 Å². The number of nitrogens with one attached hydrogen (secondary N) is 2. The summed E-state index contributed by atoms with van der Waals surface area (Å²) in [5.41, 5.74) is 4.03. The number of hydrogen-bond donors (Lipinski definition) is 2. The molecule has 0 saturated heterocycles. The molecule has 0 bridgehead atoms. The lowest BCUT2D eigenvalue weighted by molar-refractivity contribution is -0.113. The van der Waals surface area contributed by atoms with Crippen molar-refractivity contribution in [1.29, 1.82) is 0 Å². The van der Waals surface area contributed by atoms with E-state index in [0.717, 1.165) is 33.1 Å².